The highest BCUT2D eigenvalue weighted by atomic mass is 19.4. The predicted molar refractivity (Wildman–Crippen MR) is 73.0 cm³/mol. The Balaban J connectivity index is 2.15. The molecule has 0 saturated heterocycles. The minimum atomic E-state index is -4.80. The van der Waals surface area contributed by atoms with Gasteiger partial charge in [0.1, 0.15) is 5.75 Å². The molecule has 6 heteroatoms. The van der Waals surface area contributed by atoms with Gasteiger partial charge in [-0.25, -0.2) is 0 Å². The van der Waals surface area contributed by atoms with Gasteiger partial charge >= 0.3 is 6.36 Å². The third-order valence-electron chi connectivity index (χ3n) is 2.87. The van der Waals surface area contributed by atoms with E-state index in [1.807, 2.05) is 6.92 Å². The second-order valence-corrected chi connectivity index (χ2v) is 4.60. The van der Waals surface area contributed by atoms with E-state index < -0.39 is 23.7 Å². The van der Waals surface area contributed by atoms with Gasteiger partial charge in [-0.1, -0.05) is 29.8 Å². The molecular weight excluding hydrogens is 297 g/mol. The summed E-state index contributed by atoms with van der Waals surface area (Å²) in [6, 6.07) is 10.7. The Labute approximate surface area is 124 Å². The summed E-state index contributed by atoms with van der Waals surface area (Å²) >= 11 is 0. The first-order chi connectivity index (χ1) is 10.3. The number of ketones is 2. The molecule has 114 valence electrons. The van der Waals surface area contributed by atoms with Crippen molar-refractivity contribution in [2.24, 2.45) is 0 Å². The smallest absolute Gasteiger partial charge is 0.406 e. The van der Waals surface area contributed by atoms with Gasteiger partial charge in [0.2, 0.25) is 11.6 Å². The average molecular weight is 308 g/mol. The lowest BCUT2D eigenvalue weighted by atomic mass is 10.0. The van der Waals surface area contributed by atoms with Gasteiger partial charge < -0.3 is 4.74 Å². The van der Waals surface area contributed by atoms with E-state index in [4.69, 9.17) is 0 Å². The van der Waals surface area contributed by atoms with E-state index in [1.54, 1.807) is 12.1 Å². The average Bonchev–Trinajstić information content (AvgIpc) is 2.46. The maximum Gasteiger partial charge on any atom is 0.573 e. The first kappa shape index (κ1) is 15.8. The minimum absolute atomic E-state index is 0.0000921. The van der Waals surface area contributed by atoms with Gasteiger partial charge in [0.15, 0.2) is 0 Å². The minimum Gasteiger partial charge on any atom is -0.406 e. The molecule has 0 aromatic heterocycles. The van der Waals surface area contributed by atoms with Gasteiger partial charge in [0.05, 0.1) is 0 Å². The van der Waals surface area contributed by atoms with Crippen molar-refractivity contribution in [2.75, 3.05) is 0 Å². The van der Waals surface area contributed by atoms with E-state index in [0.717, 1.165) is 29.8 Å². The van der Waals surface area contributed by atoms with Crippen LogP contribution >= 0.6 is 0 Å². The summed E-state index contributed by atoms with van der Waals surface area (Å²) in [5, 5.41) is 0. The van der Waals surface area contributed by atoms with Crippen molar-refractivity contribution in [2.45, 2.75) is 13.3 Å². The maximum atomic E-state index is 12.0. The van der Waals surface area contributed by atoms with Gasteiger partial charge in [0.25, 0.3) is 0 Å². The summed E-state index contributed by atoms with van der Waals surface area (Å²) in [5.74, 6) is -1.96. The Morgan fingerprint density at radius 3 is 1.64 bits per heavy atom. The van der Waals surface area contributed by atoms with Crippen LogP contribution in [-0.4, -0.2) is 17.9 Å². The molecule has 0 bridgehead atoms. The number of halogens is 3. The summed E-state index contributed by atoms with van der Waals surface area (Å²) < 4.78 is 39.8. The Kier molecular flexibility index (Phi) is 4.30. The quantitative estimate of drug-likeness (QED) is 0.634. The molecule has 0 amide bonds. The zero-order chi connectivity index (χ0) is 16.3. The molecule has 2 aromatic rings. The van der Waals surface area contributed by atoms with Gasteiger partial charge in [-0.05, 0) is 31.2 Å². The normalized spacial score (nSPS) is 11.1. The Bertz CT molecular complexity index is 686. The molecule has 0 fully saturated rings. The monoisotopic (exact) mass is 308 g/mol. The molecule has 2 rings (SSSR count). The highest BCUT2D eigenvalue weighted by Gasteiger charge is 2.31. The van der Waals surface area contributed by atoms with E-state index in [1.165, 1.54) is 12.1 Å². The molecule has 0 N–H and O–H groups in total. The van der Waals surface area contributed by atoms with Crippen molar-refractivity contribution in [1.29, 1.82) is 0 Å². The number of hydrogen-bond acceptors (Lipinski definition) is 3. The molecule has 0 aliphatic carbocycles. The van der Waals surface area contributed by atoms with Crippen molar-refractivity contribution in [3.8, 4) is 5.75 Å². The van der Waals surface area contributed by atoms with Crippen molar-refractivity contribution >= 4 is 11.6 Å². The molecule has 0 heterocycles. The molecule has 0 atom stereocenters. The number of alkyl halides is 3. The van der Waals surface area contributed by atoms with E-state index in [0.29, 0.717) is 0 Å². The van der Waals surface area contributed by atoms with Crippen LogP contribution in [0, 0.1) is 6.92 Å². The van der Waals surface area contributed by atoms with E-state index in [2.05, 4.69) is 4.74 Å². The van der Waals surface area contributed by atoms with Crippen molar-refractivity contribution < 1.29 is 27.5 Å². The van der Waals surface area contributed by atoms with Crippen LogP contribution in [0.1, 0.15) is 26.3 Å². The van der Waals surface area contributed by atoms with Crippen LogP contribution < -0.4 is 4.74 Å². The van der Waals surface area contributed by atoms with Crippen molar-refractivity contribution in [3.05, 3.63) is 65.2 Å². The van der Waals surface area contributed by atoms with Crippen molar-refractivity contribution in [1.82, 2.24) is 0 Å². The van der Waals surface area contributed by atoms with Crippen molar-refractivity contribution in [3.63, 3.8) is 0 Å². The maximum absolute atomic E-state index is 12.0. The second kappa shape index (κ2) is 6.01. The molecule has 0 aliphatic rings. The zero-order valence-electron chi connectivity index (χ0n) is 11.5. The van der Waals surface area contributed by atoms with Crippen LogP contribution in [-0.2, 0) is 0 Å². The van der Waals surface area contributed by atoms with Crippen LogP contribution in [0.25, 0.3) is 0 Å². The fraction of sp³-hybridized carbons (Fsp3) is 0.125. The molecule has 0 unspecified atom stereocenters. The molecule has 22 heavy (non-hydrogen) atoms. The third-order valence-corrected chi connectivity index (χ3v) is 2.87. The van der Waals surface area contributed by atoms with E-state index in [-0.39, 0.29) is 11.1 Å². The summed E-state index contributed by atoms with van der Waals surface area (Å²) in [6.07, 6.45) is -4.80. The predicted octanol–water partition coefficient (Wildman–Crippen LogP) is 3.96. The van der Waals surface area contributed by atoms with Crippen LogP contribution in [0.2, 0.25) is 0 Å². The SMILES string of the molecule is Cc1ccc(C(=O)C(=O)c2ccc(OC(F)(F)F)cc2)cc1. The van der Waals surface area contributed by atoms with Gasteiger partial charge in [0, 0.05) is 11.1 Å². The Hall–Kier alpha value is -2.63. The van der Waals surface area contributed by atoms with Gasteiger partial charge in [-0.3, -0.25) is 9.59 Å². The van der Waals surface area contributed by atoms with Crippen LogP contribution in [0.15, 0.2) is 48.5 Å². The molecule has 0 saturated carbocycles. The molecule has 2 aromatic carbocycles. The number of hydrogen-bond donors (Lipinski definition) is 0. The number of carbonyl (C=O) groups excluding carboxylic acids is 2. The first-order valence-corrected chi connectivity index (χ1v) is 6.28. The van der Waals surface area contributed by atoms with Crippen LogP contribution in [0.3, 0.4) is 0 Å². The summed E-state index contributed by atoms with van der Waals surface area (Å²) in [6.45, 7) is 1.84. The third kappa shape index (κ3) is 3.94. The highest BCUT2D eigenvalue weighted by Crippen LogP contribution is 2.23. The zero-order valence-corrected chi connectivity index (χ0v) is 11.5. The topological polar surface area (TPSA) is 43.4 Å². The second-order valence-electron chi connectivity index (χ2n) is 4.60. The van der Waals surface area contributed by atoms with Gasteiger partial charge in [-0.15, -0.1) is 13.2 Å². The molecule has 0 spiro atoms. The lowest BCUT2D eigenvalue weighted by molar-refractivity contribution is -0.274. The van der Waals surface area contributed by atoms with Crippen LogP contribution in [0.5, 0.6) is 5.75 Å². The number of aryl methyl sites for hydroxylation is 1. The molecule has 0 aliphatic heterocycles. The number of Topliss-reactive ketones (excluding diaryl/α,β-unsaturated/α-hetero) is 2. The number of ether oxygens (including phenoxy) is 1. The van der Waals surface area contributed by atoms with Gasteiger partial charge in [-0.2, -0.15) is 0 Å². The van der Waals surface area contributed by atoms with Crippen LogP contribution in [0.4, 0.5) is 13.2 Å². The lowest BCUT2D eigenvalue weighted by Gasteiger charge is -2.08. The number of rotatable bonds is 4. The molecule has 0 radical (unpaired) electrons. The number of benzene rings is 2. The fourth-order valence-corrected chi connectivity index (χ4v) is 1.78. The molecule has 3 nitrogen and oxygen atoms in total. The first-order valence-electron chi connectivity index (χ1n) is 6.28. The largest absolute Gasteiger partial charge is 0.573 e. The Morgan fingerprint density at radius 1 is 0.818 bits per heavy atom. The van der Waals surface area contributed by atoms with E-state index in [9.17, 15) is 22.8 Å². The lowest BCUT2D eigenvalue weighted by Crippen LogP contribution is -2.17. The Morgan fingerprint density at radius 2 is 1.23 bits per heavy atom. The highest BCUT2D eigenvalue weighted by molar-refractivity contribution is 6.49. The fourth-order valence-electron chi connectivity index (χ4n) is 1.78. The summed E-state index contributed by atoms with van der Waals surface area (Å²) in [4.78, 5) is 24.0. The molecular formula is C16H11F3O3. The summed E-state index contributed by atoms with van der Waals surface area (Å²) in [7, 11) is 0. The standard InChI is InChI=1S/C16H11F3O3/c1-10-2-4-11(5-3-10)14(20)15(21)12-6-8-13(9-7-12)22-16(17,18)19/h2-9H,1H3. The summed E-state index contributed by atoms with van der Waals surface area (Å²) in [5.41, 5.74) is 1.17. The van der Waals surface area contributed by atoms with E-state index >= 15 is 0 Å². The number of carbonyl (C=O) groups is 2.